The number of ether oxygens (including phenoxy) is 1. The minimum atomic E-state index is -3.37. The van der Waals surface area contributed by atoms with Crippen molar-refractivity contribution in [1.82, 2.24) is 5.32 Å². The number of alkyl halides is 2. The first-order valence-corrected chi connectivity index (χ1v) is 15.7. The summed E-state index contributed by atoms with van der Waals surface area (Å²) in [5, 5.41) is 12.8. The average molecular weight is 616 g/mol. The van der Waals surface area contributed by atoms with Crippen LogP contribution < -0.4 is 10.2 Å². The number of hydrogen-bond donors (Lipinski definition) is 1. The normalized spacial score (nSPS) is 18.0. The summed E-state index contributed by atoms with van der Waals surface area (Å²) in [6.07, 6.45) is 1.45. The molecule has 1 fully saturated rings. The summed E-state index contributed by atoms with van der Waals surface area (Å²) in [6.45, 7) is -0.839. The van der Waals surface area contributed by atoms with Gasteiger partial charge in [0.1, 0.15) is 0 Å². The van der Waals surface area contributed by atoms with Crippen LogP contribution in [0.3, 0.4) is 0 Å². The van der Waals surface area contributed by atoms with Crippen LogP contribution in [0.4, 0.5) is 14.5 Å². The van der Waals surface area contributed by atoms with Gasteiger partial charge in [0.2, 0.25) is 0 Å². The molecule has 42 heavy (non-hydrogen) atoms. The van der Waals surface area contributed by atoms with Crippen LogP contribution in [-0.2, 0) is 14.6 Å². The zero-order valence-corrected chi connectivity index (χ0v) is 24.6. The number of nitrogens with zero attached hydrogens (tertiary/aromatic N) is 2. The molecule has 1 aliphatic rings. The highest BCUT2D eigenvalue weighted by atomic mass is 35.5. The molecule has 7 nitrogen and oxygen atoms in total. The van der Waals surface area contributed by atoms with Crippen LogP contribution in [0.5, 0.6) is 0 Å². The largest absolute Gasteiger partial charge is 0.366 e. The third kappa shape index (κ3) is 7.85. The molecule has 4 rings (SSSR count). The van der Waals surface area contributed by atoms with Crippen molar-refractivity contribution in [1.29, 1.82) is 5.26 Å². The Hall–Kier alpha value is -3.52. The zero-order chi connectivity index (χ0) is 30.3. The van der Waals surface area contributed by atoms with E-state index in [1.165, 1.54) is 12.1 Å². The Bertz CT molecular complexity index is 1500. The molecule has 1 heterocycles. The van der Waals surface area contributed by atoms with Crippen LogP contribution in [0.1, 0.15) is 59.6 Å². The van der Waals surface area contributed by atoms with E-state index in [0.717, 1.165) is 17.7 Å². The van der Waals surface area contributed by atoms with Gasteiger partial charge in [-0.05, 0) is 72.5 Å². The van der Waals surface area contributed by atoms with E-state index < -0.39 is 28.4 Å². The maximum absolute atomic E-state index is 13.1. The van der Waals surface area contributed by atoms with E-state index in [1.54, 1.807) is 43.3 Å². The first-order valence-electron chi connectivity index (χ1n) is 13.6. The van der Waals surface area contributed by atoms with E-state index in [1.807, 2.05) is 29.2 Å². The SMILES string of the molecule is CCS(=O)(=O)c1ccc([C@H](CC#N)NC(=O)c2ccc(N3C[C@@H](c4ccc(Cl)cc4)CC[C@H]3COC(F)F)cc2)cc1. The molecular formula is C31H32ClF2N3O4S. The topological polar surface area (TPSA) is 99.5 Å². The quantitative estimate of drug-likeness (QED) is 0.264. The number of sulfone groups is 1. The molecule has 1 saturated heterocycles. The molecule has 1 aliphatic heterocycles. The van der Waals surface area contributed by atoms with Crippen LogP contribution in [0, 0.1) is 11.3 Å². The number of carbonyl (C=O) groups excluding carboxylic acids is 1. The van der Waals surface area contributed by atoms with Crippen molar-refractivity contribution in [3.63, 3.8) is 0 Å². The van der Waals surface area contributed by atoms with Crippen molar-refractivity contribution in [2.24, 2.45) is 0 Å². The lowest BCUT2D eigenvalue weighted by atomic mass is 9.87. The molecule has 0 radical (unpaired) electrons. The molecule has 3 aromatic rings. The fourth-order valence-corrected chi connectivity index (χ4v) is 6.18. The second kappa shape index (κ2) is 14.1. The smallest absolute Gasteiger partial charge is 0.345 e. The van der Waals surface area contributed by atoms with Gasteiger partial charge >= 0.3 is 6.61 Å². The highest BCUT2D eigenvalue weighted by molar-refractivity contribution is 7.91. The number of nitrogens with one attached hydrogen (secondary N) is 1. The van der Waals surface area contributed by atoms with Gasteiger partial charge in [-0.1, -0.05) is 42.8 Å². The Kier molecular flexibility index (Phi) is 10.5. The minimum absolute atomic E-state index is 0.00458. The molecule has 0 spiro atoms. The number of halogens is 3. The van der Waals surface area contributed by atoms with E-state index in [9.17, 15) is 27.3 Å². The van der Waals surface area contributed by atoms with Crippen LogP contribution in [0.25, 0.3) is 0 Å². The Labute approximate surface area is 250 Å². The molecule has 0 aliphatic carbocycles. The van der Waals surface area contributed by atoms with Crippen LogP contribution in [0.15, 0.2) is 77.7 Å². The highest BCUT2D eigenvalue weighted by Crippen LogP contribution is 2.34. The van der Waals surface area contributed by atoms with E-state index >= 15 is 0 Å². The molecule has 0 unspecified atom stereocenters. The molecule has 0 aromatic heterocycles. The maximum Gasteiger partial charge on any atom is 0.345 e. The molecule has 0 saturated carbocycles. The average Bonchev–Trinajstić information content (AvgIpc) is 3.00. The minimum Gasteiger partial charge on any atom is -0.366 e. The van der Waals surface area contributed by atoms with Gasteiger partial charge in [0, 0.05) is 28.7 Å². The number of anilines is 1. The van der Waals surface area contributed by atoms with Gasteiger partial charge in [-0.2, -0.15) is 14.0 Å². The van der Waals surface area contributed by atoms with Gasteiger partial charge in [-0.25, -0.2) is 8.42 Å². The molecule has 0 bridgehead atoms. The van der Waals surface area contributed by atoms with Crippen LogP contribution in [-0.4, -0.2) is 45.9 Å². The van der Waals surface area contributed by atoms with Gasteiger partial charge in [0.15, 0.2) is 9.84 Å². The first kappa shape index (κ1) is 31.4. The van der Waals surface area contributed by atoms with Crippen LogP contribution >= 0.6 is 11.6 Å². The number of rotatable bonds is 11. The number of benzene rings is 3. The predicted octanol–water partition coefficient (Wildman–Crippen LogP) is 6.51. The number of nitriles is 1. The molecule has 1 N–H and O–H groups in total. The van der Waals surface area contributed by atoms with Gasteiger partial charge in [-0.15, -0.1) is 0 Å². The van der Waals surface area contributed by atoms with Crippen molar-refractivity contribution in [2.75, 3.05) is 23.8 Å². The third-order valence-electron chi connectivity index (χ3n) is 7.55. The summed E-state index contributed by atoms with van der Waals surface area (Å²) in [7, 11) is -3.37. The lowest BCUT2D eigenvalue weighted by Gasteiger charge is -2.41. The van der Waals surface area contributed by atoms with Crippen molar-refractivity contribution >= 4 is 33.0 Å². The summed E-state index contributed by atoms with van der Waals surface area (Å²) in [6, 6.07) is 21.8. The molecule has 3 atom stereocenters. The predicted molar refractivity (Wildman–Crippen MR) is 158 cm³/mol. The summed E-state index contributed by atoms with van der Waals surface area (Å²) in [4.78, 5) is 15.3. The number of hydrogen-bond acceptors (Lipinski definition) is 6. The monoisotopic (exact) mass is 615 g/mol. The second-order valence-corrected chi connectivity index (χ2v) is 12.8. The molecule has 11 heteroatoms. The standard InChI is InChI=1S/C31H32ClF2N3O4S/c1-2-42(39,40)28-15-8-22(9-16-28)29(17-18-35)36-30(38)23-5-12-26(13-6-23)37-19-24(21-3-10-25(32)11-4-21)7-14-27(37)20-41-31(33)34/h3-6,8-13,15-16,24,27,29,31H,2,7,14,17,19-20H2,1H3,(H,36,38)/t24-,27-,29-/m0/s1. The van der Waals surface area contributed by atoms with E-state index in [2.05, 4.69) is 16.1 Å². The van der Waals surface area contributed by atoms with Gasteiger partial charge in [0.05, 0.1) is 41.8 Å². The zero-order valence-electron chi connectivity index (χ0n) is 23.0. The molecule has 222 valence electrons. The Morgan fingerprint density at radius 2 is 1.74 bits per heavy atom. The van der Waals surface area contributed by atoms with Crippen LogP contribution in [0.2, 0.25) is 5.02 Å². The summed E-state index contributed by atoms with van der Waals surface area (Å²) in [5.74, 6) is -0.263. The Balaban J connectivity index is 1.50. The van der Waals surface area contributed by atoms with E-state index in [0.29, 0.717) is 29.1 Å². The van der Waals surface area contributed by atoms with Crippen molar-refractivity contribution in [3.8, 4) is 6.07 Å². The summed E-state index contributed by atoms with van der Waals surface area (Å²) < 4.78 is 54.7. The first-order chi connectivity index (χ1) is 20.1. The summed E-state index contributed by atoms with van der Waals surface area (Å²) in [5.41, 5.74) is 2.85. The third-order valence-corrected chi connectivity index (χ3v) is 9.55. The molecular weight excluding hydrogens is 584 g/mol. The molecule has 1 amide bonds. The summed E-state index contributed by atoms with van der Waals surface area (Å²) >= 11 is 6.05. The van der Waals surface area contributed by atoms with Gasteiger partial charge in [0.25, 0.3) is 5.91 Å². The van der Waals surface area contributed by atoms with Crippen molar-refractivity contribution in [3.05, 3.63) is 94.5 Å². The number of carbonyl (C=O) groups is 1. The second-order valence-electron chi connectivity index (χ2n) is 10.1. The lowest BCUT2D eigenvalue weighted by Crippen LogP contribution is -2.45. The maximum atomic E-state index is 13.1. The fraction of sp³-hybridized carbons (Fsp3) is 0.355. The van der Waals surface area contributed by atoms with E-state index in [4.69, 9.17) is 11.6 Å². The van der Waals surface area contributed by atoms with Gasteiger partial charge in [-0.3, -0.25) is 4.79 Å². The Morgan fingerprint density at radius 3 is 2.33 bits per heavy atom. The highest BCUT2D eigenvalue weighted by Gasteiger charge is 2.30. The van der Waals surface area contributed by atoms with Gasteiger partial charge < -0.3 is 15.0 Å². The number of amides is 1. The van der Waals surface area contributed by atoms with E-state index in [-0.39, 0.29) is 35.6 Å². The van der Waals surface area contributed by atoms with Crippen molar-refractivity contribution < 1.29 is 26.7 Å². The van der Waals surface area contributed by atoms with Crippen molar-refractivity contribution in [2.45, 2.75) is 55.7 Å². The fourth-order valence-electron chi connectivity index (χ4n) is 5.17. The molecule has 3 aromatic carbocycles. The Morgan fingerprint density at radius 1 is 1.07 bits per heavy atom. The lowest BCUT2D eigenvalue weighted by molar-refractivity contribution is -0.133. The number of piperidine rings is 1.